The molecule has 0 bridgehead atoms. The van der Waals surface area contributed by atoms with Gasteiger partial charge in [-0.05, 0) is 130 Å². The van der Waals surface area contributed by atoms with Crippen molar-refractivity contribution in [2.24, 2.45) is 0 Å². The zero-order valence-corrected chi connectivity index (χ0v) is 30.8. The van der Waals surface area contributed by atoms with Crippen molar-refractivity contribution < 1.29 is 9.47 Å². The van der Waals surface area contributed by atoms with Gasteiger partial charge in [-0.3, -0.25) is 0 Å². The lowest BCUT2D eigenvalue weighted by atomic mass is 9.67. The van der Waals surface area contributed by atoms with Gasteiger partial charge in [0.1, 0.15) is 11.5 Å². The molecule has 0 unspecified atom stereocenters. The SMILES string of the molecule is COc1ccc(C2(c3ccc(OC)cc3)c3cc(N(c4ccccc4)c4ccccc4)ccc3-c3ccc(N(c4ccccc4)c4ccccc4)cc32)cc1. The molecular formula is C51H40N2O2. The maximum Gasteiger partial charge on any atom is 0.118 e. The Morgan fingerprint density at radius 1 is 0.327 bits per heavy atom. The van der Waals surface area contributed by atoms with Crippen LogP contribution in [0.15, 0.2) is 206 Å². The number of ether oxygens (including phenoxy) is 2. The van der Waals surface area contributed by atoms with Crippen LogP contribution in [0.2, 0.25) is 0 Å². The fourth-order valence-electron chi connectivity index (χ4n) is 8.25. The van der Waals surface area contributed by atoms with E-state index in [4.69, 9.17) is 9.47 Å². The predicted molar refractivity (Wildman–Crippen MR) is 226 cm³/mol. The van der Waals surface area contributed by atoms with Gasteiger partial charge in [0.2, 0.25) is 0 Å². The highest BCUT2D eigenvalue weighted by Gasteiger charge is 2.47. The molecule has 0 saturated carbocycles. The number of rotatable bonds is 10. The number of methoxy groups -OCH3 is 2. The van der Waals surface area contributed by atoms with Crippen molar-refractivity contribution in [2.75, 3.05) is 24.0 Å². The summed E-state index contributed by atoms with van der Waals surface area (Å²) in [5.41, 5.74) is 12.9. The minimum absolute atomic E-state index is 0.701. The van der Waals surface area contributed by atoms with E-state index in [0.29, 0.717) is 0 Å². The van der Waals surface area contributed by atoms with Crippen LogP contribution in [-0.2, 0) is 5.41 Å². The molecule has 1 aliphatic rings. The zero-order valence-electron chi connectivity index (χ0n) is 30.8. The van der Waals surface area contributed by atoms with Crippen LogP contribution in [0.5, 0.6) is 11.5 Å². The van der Waals surface area contributed by atoms with Gasteiger partial charge >= 0.3 is 0 Å². The zero-order chi connectivity index (χ0) is 37.2. The highest BCUT2D eigenvalue weighted by molar-refractivity contribution is 5.92. The number of benzene rings is 8. The smallest absolute Gasteiger partial charge is 0.118 e. The molecule has 0 atom stereocenters. The molecule has 55 heavy (non-hydrogen) atoms. The highest BCUT2D eigenvalue weighted by Crippen LogP contribution is 2.58. The van der Waals surface area contributed by atoms with E-state index in [1.54, 1.807) is 14.2 Å². The Hall–Kier alpha value is -7.04. The molecule has 4 nitrogen and oxygen atoms in total. The minimum atomic E-state index is -0.701. The molecule has 0 amide bonds. The molecule has 266 valence electrons. The number of fused-ring (bicyclic) bond motifs is 3. The first kappa shape index (κ1) is 33.8. The van der Waals surface area contributed by atoms with Crippen LogP contribution in [0, 0.1) is 0 Å². The number of para-hydroxylation sites is 4. The average molecular weight is 713 g/mol. The second kappa shape index (κ2) is 14.4. The van der Waals surface area contributed by atoms with E-state index < -0.39 is 5.41 Å². The van der Waals surface area contributed by atoms with Crippen molar-refractivity contribution in [1.29, 1.82) is 0 Å². The molecule has 8 aromatic carbocycles. The van der Waals surface area contributed by atoms with Crippen molar-refractivity contribution in [2.45, 2.75) is 5.41 Å². The van der Waals surface area contributed by atoms with E-state index in [-0.39, 0.29) is 0 Å². The van der Waals surface area contributed by atoms with Gasteiger partial charge in [0.25, 0.3) is 0 Å². The summed E-state index contributed by atoms with van der Waals surface area (Å²) in [5.74, 6) is 1.63. The molecule has 8 aromatic rings. The average Bonchev–Trinajstić information content (AvgIpc) is 3.55. The first-order valence-electron chi connectivity index (χ1n) is 18.6. The predicted octanol–water partition coefficient (Wildman–Crippen LogP) is 13.0. The largest absolute Gasteiger partial charge is 0.497 e. The summed E-state index contributed by atoms with van der Waals surface area (Å²) in [5, 5.41) is 0. The Morgan fingerprint density at radius 2 is 0.636 bits per heavy atom. The third-order valence-corrected chi connectivity index (χ3v) is 10.7. The number of anilines is 6. The van der Waals surface area contributed by atoms with E-state index in [1.807, 2.05) is 0 Å². The van der Waals surface area contributed by atoms with Crippen LogP contribution in [0.4, 0.5) is 34.1 Å². The molecule has 0 spiro atoms. The van der Waals surface area contributed by atoms with Crippen molar-refractivity contribution >= 4 is 34.1 Å². The van der Waals surface area contributed by atoms with Crippen LogP contribution in [0.25, 0.3) is 11.1 Å². The molecular weight excluding hydrogens is 673 g/mol. The quantitative estimate of drug-likeness (QED) is 0.141. The lowest BCUT2D eigenvalue weighted by molar-refractivity contribution is 0.414. The molecule has 0 heterocycles. The second-order valence-electron chi connectivity index (χ2n) is 13.7. The van der Waals surface area contributed by atoms with Gasteiger partial charge in [-0.15, -0.1) is 0 Å². The van der Waals surface area contributed by atoms with E-state index in [0.717, 1.165) is 56.8 Å². The molecule has 0 saturated heterocycles. The van der Waals surface area contributed by atoms with Crippen LogP contribution in [0.3, 0.4) is 0 Å². The normalized spacial score (nSPS) is 12.3. The fraction of sp³-hybridized carbons (Fsp3) is 0.0588. The van der Waals surface area contributed by atoms with Crippen LogP contribution >= 0.6 is 0 Å². The van der Waals surface area contributed by atoms with E-state index in [1.165, 1.54) is 22.3 Å². The standard InChI is InChI=1S/C51H40N2O2/c1-54-45-29-23-37(24-30-45)51(38-25-31-46(55-2)32-26-38)49-35-43(52(39-15-7-3-8-16-39)40-17-9-4-10-18-40)27-33-47(49)48-34-28-44(36-50(48)51)53(41-19-11-5-12-20-41)42-21-13-6-14-22-42/h3-36H,1-2H3. The Labute approximate surface area is 323 Å². The highest BCUT2D eigenvalue weighted by atomic mass is 16.5. The maximum atomic E-state index is 5.71. The van der Waals surface area contributed by atoms with Crippen molar-refractivity contribution in [3.63, 3.8) is 0 Å². The lowest BCUT2D eigenvalue weighted by Gasteiger charge is -2.36. The number of hydrogen-bond acceptors (Lipinski definition) is 4. The summed E-state index contributed by atoms with van der Waals surface area (Å²) in [6.07, 6.45) is 0. The van der Waals surface area contributed by atoms with E-state index in [2.05, 4.69) is 216 Å². The monoisotopic (exact) mass is 712 g/mol. The molecule has 0 aromatic heterocycles. The number of nitrogens with zero attached hydrogens (tertiary/aromatic N) is 2. The fourth-order valence-corrected chi connectivity index (χ4v) is 8.25. The second-order valence-corrected chi connectivity index (χ2v) is 13.7. The molecule has 9 rings (SSSR count). The first-order valence-corrected chi connectivity index (χ1v) is 18.6. The molecule has 0 aliphatic heterocycles. The molecule has 0 radical (unpaired) electrons. The van der Waals surface area contributed by atoms with Gasteiger partial charge in [-0.1, -0.05) is 109 Å². The Kier molecular flexibility index (Phi) is 8.85. The van der Waals surface area contributed by atoms with Gasteiger partial charge in [0.15, 0.2) is 0 Å². The third kappa shape index (κ3) is 5.89. The lowest BCUT2D eigenvalue weighted by Crippen LogP contribution is -2.29. The van der Waals surface area contributed by atoms with Gasteiger partial charge in [-0.25, -0.2) is 0 Å². The van der Waals surface area contributed by atoms with Crippen molar-refractivity contribution in [3.05, 3.63) is 229 Å². The van der Waals surface area contributed by atoms with E-state index in [9.17, 15) is 0 Å². The Balaban J connectivity index is 1.35. The Bertz CT molecular complexity index is 2280. The topological polar surface area (TPSA) is 24.9 Å². The first-order chi connectivity index (χ1) is 27.2. The summed E-state index contributed by atoms with van der Waals surface area (Å²) < 4.78 is 11.4. The van der Waals surface area contributed by atoms with Crippen molar-refractivity contribution in [3.8, 4) is 22.6 Å². The molecule has 4 heteroatoms. The summed E-state index contributed by atoms with van der Waals surface area (Å²) in [7, 11) is 3.44. The van der Waals surface area contributed by atoms with Gasteiger partial charge < -0.3 is 19.3 Å². The van der Waals surface area contributed by atoms with Crippen molar-refractivity contribution in [1.82, 2.24) is 0 Å². The van der Waals surface area contributed by atoms with Gasteiger partial charge in [0, 0.05) is 34.1 Å². The molecule has 0 fully saturated rings. The Morgan fingerprint density at radius 3 is 0.927 bits per heavy atom. The van der Waals surface area contributed by atoms with E-state index >= 15 is 0 Å². The van der Waals surface area contributed by atoms with Crippen LogP contribution in [0.1, 0.15) is 22.3 Å². The minimum Gasteiger partial charge on any atom is -0.497 e. The van der Waals surface area contributed by atoms with Gasteiger partial charge in [-0.2, -0.15) is 0 Å². The van der Waals surface area contributed by atoms with Gasteiger partial charge in [0.05, 0.1) is 19.6 Å². The van der Waals surface area contributed by atoms with Crippen LogP contribution in [-0.4, -0.2) is 14.2 Å². The molecule has 1 aliphatic carbocycles. The summed E-state index contributed by atoms with van der Waals surface area (Å²) in [6, 6.07) is 73.5. The summed E-state index contributed by atoms with van der Waals surface area (Å²) in [4.78, 5) is 4.68. The third-order valence-electron chi connectivity index (χ3n) is 10.7. The maximum absolute atomic E-state index is 5.71. The summed E-state index contributed by atoms with van der Waals surface area (Å²) in [6.45, 7) is 0. The summed E-state index contributed by atoms with van der Waals surface area (Å²) >= 11 is 0. The van der Waals surface area contributed by atoms with Crippen LogP contribution < -0.4 is 19.3 Å². The number of hydrogen-bond donors (Lipinski definition) is 0. The molecule has 0 N–H and O–H groups in total.